The summed E-state index contributed by atoms with van der Waals surface area (Å²) in [5.41, 5.74) is 6.63. The van der Waals surface area contributed by atoms with E-state index in [9.17, 15) is 9.18 Å². The van der Waals surface area contributed by atoms with Crippen molar-refractivity contribution in [3.05, 3.63) is 35.6 Å². The van der Waals surface area contributed by atoms with Crippen LogP contribution in [0.5, 0.6) is 0 Å². The third kappa shape index (κ3) is 6.15. The molecule has 0 aliphatic rings. The minimum atomic E-state index is -0.249. The maximum Gasteiger partial charge on any atom is 0.224 e. The van der Waals surface area contributed by atoms with Gasteiger partial charge in [0, 0.05) is 13.1 Å². The zero-order valence-corrected chi connectivity index (χ0v) is 12.6. The molecule has 3 nitrogen and oxygen atoms in total. The number of hydrogen-bond acceptors (Lipinski definition) is 2. The fourth-order valence-corrected chi connectivity index (χ4v) is 2.19. The van der Waals surface area contributed by atoms with Crippen LogP contribution in [0.1, 0.15) is 32.8 Å². The molecule has 4 heteroatoms. The lowest BCUT2D eigenvalue weighted by Gasteiger charge is -2.24. The summed E-state index contributed by atoms with van der Waals surface area (Å²) in [6, 6.07) is 6.43. The Morgan fingerprint density at radius 1 is 1.40 bits per heavy atom. The number of carbonyl (C=O) groups excluding carboxylic acids is 1. The quantitative estimate of drug-likeness (QED) is 0.841. The van der Waals surface area contributed by atoms with Crippen LogP contribution in [0.3, 0.4) is 0 Å². The van der Waals surface area contributed by atoms with Crippen molar-refractivity contribution in [1.29, 1.82) is 0 Å². The second-order valence-electron chi connectivity index (χ2n) is 6.37. The predicted molar refractivity (Wildman–Crippen MR) is 79.7 cm³/mol. The summed E-state index contributed by atoms with van der Waals surface area (Å²) in [4.78, 5) is 12.0. The highest BCUT2D eigenvalue weighted by molar-refractivity contribution is 5.78. The van der Waals surface area contributed by atoms with Crippen LogP contribution in [0.15, 0.2) is 24.3 Å². The highest BCUT2D eigenvalue weighted by atomic mass is 19.1. The van der Waals surface area contributed by atoms with E-state index in [0.717, 1.165) is 12.0 Å². The molecule has 1 amide bonds. The highest BCUT2D eigenvalue weighted by Gasteiger charge is 2.23. The van der Waals surface area contributed by atoms with Crippen LogP contribution in [0.2, 0.25) is 0 Å². The Balaban J connectivity index is 2.42. The second-order valence-corrected chi connectivity index (χ2v) is 6.37. The summed E-state index contributed by atoms with van der Waals surface area (Å²) >= 11 is 0. The van der Waals surface area contributed by atoms with Gasteiger partial charge in [-0.3, -0.25) is 4.79 Å². The molecule has 112 valence electrons. The molecule has 0 radical (unpaired) electrons. The van der Waals surface area contributed by atoms with Gasteiger partial charge in [0.05, 0.1) is 5.92 Å². The first-order valence-electron chi connectivity index (χ1n) is 7.04. The first-order valence-corrected chi connectivity index (χ1v) is 7.04. The van der Waals surface area contributed by atoms with Gasteiger partial charge in [-0.25, -0.2) is 4.39 Å². The highest BCUT2D eigenvalue weighted by Crippen LogP contribution is 2.23. The number of amides is 1. The van der Waals surface area contributed by atoms with Crippen molar-refractivity contribution in [2.75, 3.05) is 13.1 Å². The minimum Gasteiger partial charge on any atom is -0.355 e. The molecule has 1 aromatic carbocycles. The van der Waals surface area contributed by atoms with Crippen molar-refractivity contribution in [2.24, 2.45) is 17.1 Å². The Kier molecular flexibility index (Phi) is 6.14. The number of nitrogens with two attached hydrogens (primary N) is 1. The molecule has 0 aliphatic carbocycles. The van der Waals surface area contributed by atoms with Crippen LogP contribution >= 0.6 is 0 Å². The van der Waals surface area contributed by atoms with E-state index in [1.165, 1.54) is 12.1 Å². The van der Waals surface area contributed by atoms with Crippen LogP contribution < -0.4 is 11.1 Å². The third-order valence-corrected chi connectivity index (χ3v) is 3.12. The zero-order chi connectivity index (χ0) is 15.2. The van der Waals surface area contributed by atoms with Crippen molar-refractivity contribution >= 4 is 5.91 Å². The van der Waals surface area contributed by atoms with E-state index >= 15 is 0 Å². The largest absolute Gasteiger partial charge is 0.355 e. The van der Waals surface area contributed by atoms with Crippen LogP contribution in [0, 0.1) is 17.2 Å². The van der Waals surface area contributed by atoms with Gasteiger partial charge < -0.3 is 11.1 Å². The van der Waals surface area contributed by atoms with Gasteiger partial charge in [-0.2, -0.15) is 0 Å². The van der Waals surface area contributed by atoms with Crippen molar-refractivity contribution in [3.63, 3.8) is 0 Å². The Labute approximate surface area is 120 Å². The Morgan fingerprint density at radius 2 is 2.10 bits per heavy atom. The lowest BCUT2D eigenvalue weighted by Crippen LogP contribution is -2.38. The number of halogens is 1. The zero-order valence-electron chi connectivity index (χ0n) is 12.6. The lowest BCUT2D eigenvalue weighted by molar-refractivity contribution is -0.125. The Morgan fingerprint density at radius 3 is 2.65 bits per heavy atom. The van der Waals surface area contributed by atoms with E-state index in [1.54, 1.807) is 6.07 Å². The lowest BCUT2D eigenvalue weighted by atomic mass is 9.84. The van der Waals surface area contributed by atoms with Crippen LogP contribution in [0.25, 0.3) is 0 Å². The van der Waals surface area contributed by atoms with Gasteiger partial charge in [0.15, 0.2) is 0 Å². The number of carbonyl (C=O) groups is 1. The van der Waals surface area contributed by atoms with E-state index in [4.69, 9.17) is 5.73 Å². The topological polar surface area (TPSA) is 55.1 Å². The molecule has 3 N–H and O–H groups in total. The third-order valence-electron chi connectivity index (χ3n) is 3.12. The van der Waals surface area contributed by atoms with Crippen LogP contribution in [-0.4, -0.2) is 19.0 Å². The standard InChI is InChI=1S/C16H25FN2O/c1-16(2,3)10-13(11-18)15(20)19-8-7-12-5-4-6-14(17)9-12/h4-6,9,13H,7-8,10-11,18H2,1-3H3,(H,19,20). The van der Waals surface area contributed by atoms with Gasteiger partial charge in [0.2, 0.25) is 5.91 Å². The molecule has 1 rings (SSSR count). The van der Waals surface area contributed by atoms with Gasteiger partial charge in [-0.15, -0.1) is 0 Å². The molecular weight excluding hydrogens is 255 g/mol. The summed E-state index contributed by atoms with van der Waals surface area (Å²) < 4.78 is 13.0. The van der Waals surface area contributed by atoms with Crippen molar-refractivity contribution in [3.8, 4) is 0 Å². The Bertz CT molecular complexity index is 440. The van der Waals surface area contributed by atoms with Gasteiger partial charge >= 0.3 is 0 Å². The second kappa shape index (κ2) is 7.39. The van der Waals surface area contributed by atoms with E-state index in [-0.39, 0.29) is 23.1 Å². The molecule has 1 unspecified atom stereocenters. The molecule has 0 fully saturated rings. The Hall–Kier alpha value is -1.42. The molecule has 0 aromatic heterocycles. The first kappa shape index (κ1) is 16.6. The fraction of sp³-hybridized carbons (Fsp3) is 0.562. The monoisotopic (exact) mass is 280 g/mol. The number of nitrogens with one attached hydrogen (secondary N) is 1. The molecule has 0 heterocycles. The normalized spacial score (nSPS) is 13.1. The average Bonchev–Trinajstić information content (AvgIpc) is 2.34. The van der Waals surface area contributed by atoms with Gasteiger partial charge in [-0.1, -0.05) is 32.9 Å². The average molecular weight is 280 g/mol. The van der Waals surface area contributed by atoms with Crippen LogP contribution in [0.4, 0.5) is 4.39 Å². The summed E-state index contributed by atoms with van der Waals surface area (Å²) in [7, 11) is 0. The SMILES string of the molecule is CC(C)(C)CC(CN)C(=O)NCCc1cccc(F)c1. The van der Waals surface area contributed by atoms with Gasteiger partial charge in [0.25, 0.3) is 0 Å². The van der Waals surface area contributed by atoms with Crippen molar-refractivity contribution in [1.82, 2.24) is 5.32 Å². The predicted octanol–water partition coefficient (Wildman–Crippen LogP) is 2.50. The molecule has 0 saturated heterocycles. The molecule has 0 saturated carbocycles. The molecule has 20 heavy (non-hydrogen) atoms. The maximum atomic E-state index is 13.0. The fourth-order valence-electron chi connectivity index (χ4n) is 2.19. The number of rotatable bonds is 6. The number of benzene rings is 1. The molecule has 0 aliphatic heterocycles. The molecular formula is C16H25FN2O. The number of hydrogen-bond donors (Lipinski definition) is 2. The van der Waals surface area contributed by atoms with Gasteiger partial charge in [-0.05, 0) is 36.0 Å². The van der Waals surface area contributed by atoms with E-state index in [0.29, 0.717) is 19.5 Å². The smallest absolute Gasteiger partial charge is 0.224 e. The van der Waals surface area contributed by atoms with E-state index in [1.807, 2.05) is 6.07 Å². The summed E-state index contributed by atoms with van der Waals surface area (Å²) in [6.07, 6.45) is 1.38. The van der Waals surface area contributed by atoms with Gasteiger partial charge in [0.1, 0.15) is 5.82 Å². The molecule has 1 atom stereocenters. The molecule has 0 bridgehead atoms. The minimum absolute atomic E-state index is 0.0150. The molecule has 1 aromatic rings. The van der Waals surface area contributed by atoms with E-state index < -0.39 is 0 Å². The maximum absolute atomic E-state index is 13.0. The van der Waals surface area contributed by atoms with Crippen molar-refractivity contribution in [2.45, 2.75) is 33.6 Å². The first-order chi connectivity index (χ1) is 9.31. The van der Waals surface area contributed by atoms with Crippen molar-refractivity contribution < 1.29 is 9.18 Å². The molecule has 0 spiro atoms. The van der Waals surface area contributed by atoms with Crippen LogP contribution in [-0.2, 0) is 11.2 Å². The summed E-state index contributed by atoms with van der Waals surface area (Å²) in [5, 5.41) is 2.88. The summed E-state index contributed by atoms with van der Waals surface area (Å²) in [5.74, 6) is -0.428. The van der Waals surface area contributed by atoms with E-state index in [2.05, 4.69) is 26.1 Å². The summed E-state index contributed by atoms with van der Waals surface area (Å²) in [6.45, 7) is 7.13.